The van der Waals surface area contributed by atoms with Crippen molar-refractivity contribution in [1.29, 1.82) is 0 Å². The van der Waals surface area contributed by atoms with E-state index in [1.54, 1.807) is 12.1 Å². The number of likely N-dealkylation sites (tertiary alicyclic amines) is 2. The zero-order valence-electron chi connectivity index (χ0n) is 42.9. The van der Waals surface area contributed by atoms with E-state index in [4.69, 9.17) is 17.3 Å². The van der Waals surface area contributed by atoms with Crippen molar-refractivity contribution in [3.63, 3.8) is 0 Å². The zero-order chi connectivity index (χ0) is 50.2. The van der Waals surface area contributed by atoms with E-state index < -0.39 is 5.24 Å². The van der Waals surface area contributed by atoms with Crippen molar-refractivity contribution in [1.82, 2.24) is 15.1 Å². The average Bonchev–Trinajstić information content (AvgIpc) is 3.79. The number of carbonyl (C=O) groups is 4. The van der Waals surface area contributed by atoms with Crippen molar-refractivity contribution in [2.45, 2.75) is 156 Å². The lowest BCUT2D eigenvalue weighted by Crippen LogP contribution is -2.50. The number of piperidine rings is 2. The van der Waals surface area contributed by atoms with E-state index in [0.717, 1.165) is 86.2 Å². The second-order valence-corrected chi connectivity index (χ2v) is 21.6. The summed E-state index contributed by atoms with van der Waals surface area (Å²) in [6.45, 7) is 25.3. The van der Waals surface area contributed by atoms with Crippen LogP contribution in [0.4, 0.5) is 11.4 Å². The van der Waals surface area contributed by atoms with Crippen LogP contribution in [0.15, 0.2) is 97.1 Å². The van der Waals surface area contributed by atoms with E-state index in [0.29, 0.717) is 31.5 Å². The molecule has 5 aliphatic rings. The van der Waals surface area contributed by atoms with E-state index in [1.807, 2.05) is 84.6 Å². The van der Waals surface area contributed by atoms with Gasteiger partial charge in [-0.3, -0.25) is 19.2 Å². The van der Waals surface area contributed by atoms with Crippen molar-refractivity contribution in [3.8, 4) is 0 Å². The van der Waals surface area contributed by atoms with Crippen LogP contribution in [0.1, 0.15) is 187 Å². The number of hydrogen-bond donors (Lipinski definition) is 4. The molecule has 5 aliphatic heterocycles. The molecule has 0 aliphatic carbocycles. The van der Waals surface area contributed by atoms with Gasteiger partial charge in [0.05, 0.1) is 0 Å². The molecule has 71 heavy (non-hydrogen) atoms. The number of fused-ring (bicyclic) bond motifs is 2. The van der Waals surface area contributed by atoms with Gasteiger partial charge in [0, 0.05) is 70.6 Å². The number of para-hydroxylation sites is 2. The number of Topliss-reactive ketones (excluding diaryl/α,β-unsaturated/α-hetero) is 2. The lowest BCUT2D eigenvalue weighted by molar-refractivity contribution is 0.0672. The molecule has 3 saturated heterocycles. The third-order valence-electron chi connectivity index (χ3n) is 14.1. The summed E-state index contributed by atoms with van der Waals surface area (Å²) < 4.78 is 0. The van der Waals surface area contributed by atoms with Gasteiger partial charge in [0.25, 0.3) is 11.1 Å². The number of ketones is 2. The minimum atomic E-state index is -0.402. The normalized spacial score (nSPS) is 17.7. The van der Waals surface area contributed by atoms with E-state index in [-0.39, 0.29) is 54.2 Å². The number of benzene rings is 4. The number of nitrogens with two attached hydrogens (primary N) is 1. The van der Waals surface area contributed by atoms with Crippen molar-refractivity contribution in [2.75, 3.05) is 63.0 Å². The number of nitrogens with zero attached hydrogens (tertiary/aromatic N) is 2. The van der Waals surface area contributed by atoms with E-state index in [1.165, 1.54) is 43.6 Å². The molecule has 10 nitrogen and oxygen atoms in total. The van der Waals surface area contributed by atoms with Crippen LogP contribution in [-0.4, -0.2) is 96.0 Å². The first-order chi connectivity index (χ1) is 32.8. The fraction of sp³-hybridized carbons (Fsp3) is 0.533. The van der Waals surface area contributed by atoms with Gasteiger partial charge in [-0.2, -0.15) is 0 Å². The van der Waals surface area contributed by atoms with Crippen LogP contribution >= 0.6 is 11.6 Å². The van der Waals surface area contributed by atoms with E-state index in [2.05, 4.69) is 81.4 Å². The first-order valence-electron chi connectivity index (χ1n) is 25.5. The average molecular weight is 994 g/mol. The molecule has 4 aromatic rings. The number of anilines is 2. The first-order valence-corrected chi connectivity index (χ1v) is 25.8. The minimum Gasteiger partial charge on any atom is -0.379 e. The quantitative estimate of drug-likeness (QED) is 0.148. The van der Waals surface area contributed by atoms with Crippen molar-refractivity contribution < 1.29 is 19.2 Å². The van der Waals surface area contributed by atoms with Crippen LogP contribution in [0.3, 0.4) is 0 Å². The Hall–Kier alpha value is -4.87. The van der Waals surface area contributed by atoms with Crippen LogP contribution in [-0.2, 0) is 10.8 Å². The summed E-state index contributed by atoms with van der Waals surface area (Å²) in [6.07, 6.45) is 9.80. The Bertz CT molecular complexity index is 2280. The van der Waals surface area contributed by atoms with Crippen LogP contribution in [0.2, 0.25) is 0 Å². The first kappa shape index (κ1) is 60.4. The third-order valence-corrected chi connectivity index (χ3v) is 14.3. The number of carbonyl (C=O) groups excluding carboxylic acids is 4. The maximum atomic E-state index is 13.0. The number of rotatable bonds is 3. The maximum absolute atomic E-state index is 13.0. The molecule has 0 radical (unpaired) electrons. The van der Waals surface area contributed by atoms with Gasteiger partial charge in [0.2, 0.25) is 0 Å². The van der Waals surface area contributed by atoms with Crippen molar-refractivity contribution in [3.05, 3.63) is 130 Å². The van der Waals surface area contributed by atoms with Crippen molar-refractivity contribution >= 4 is 45.7 Å². The van der Waals surface area contributed by atoms with Gasteiger partial charge < -0.3 is 31.5 Å². The Morgan fingerprint density at radius 2 is 0.986 bits per heavy atom. The maximum Gasteiger partial charge on any atom is 0.253 e. The molecule has 9 rings (SSSR count). The molecule has 4 aromatic carbocycles. The van der Waals surface area contributed by atoms with Crippen LogP contribution < -0.4 is 21.7 Å². The molecule has 2 spiro atoms. The second kappa shape index (κ2) is 27.8. The second-order valence-electron chi connectivity index (χ2n) is 21.3. The summed E-state index contributed by atoms with van der Waals surface area (Å²) in [5, 5.41) is 10.3. The monoisotopic (exact) mass is 993 g/mol. The summed E-state index contributed by atoms with van der Waals surface area (Å²) in [6, 6.07) is 31.1. The molecule has 0 atom stereocenters. The standard InChI is InChI=1S/C25H30N2O2.C14H18N2O.C11H13ClO.C6H13N.C2H7N.2CH4/c1-24(2,3)19-10-8-18(9-11-19)23(29)27-16-14-25(15-17-27)13-12-22(28)20-6-4-5-7-21(20)26-25;17-13-5-6-14(7-9-15-10-8-14)16-12-4-2-1-3-11(12)13;1-11(2,3)9-6-4-8(5-7-9)10(12)13;1-2-7-5-3-4-6-7;1-2-3;;/h4-11,26H,12-17H2,1-3H3;1-4,15-16H,5-10H2;4-7H,1-3H3;2-6H2,1H3;2-3H2,1H3;2*1H4. The number of halogens is 1. The number of amides is 1. The molecule has 0 unspecified atom stereocenters. The SMILES string of the molecule is C.C.CC(C)(C)c1ccc(C(=O)Cl)cc1.CC(C)(C)c1ccc(C(=O)N2CCC3(CCC(=O)c4ccccc4N3)CC2)cc1.CCN.CCN1CCCC1.O=C1CCC2(CCNCC2)Nc2ccccc21. The molecule has 0 bridgehead atoms. The van der Waals surface area contributed by atoms with E-state index in [9.17, 15) is 19.2 Å². The Balaban J connectivity index is 0.000000269. The summed E-state index contributed by atoms with van der Waals surface area (Å²) in [5.74, 6) is 0.594. The van der Waals surface area contributed by atoms with Gasteiger partial charge in [-0.15, -0.1) is 0 Å². The van der Waals surface area contributed by atoms with Gasteiger partial charge >= 0.3 is 0 Å². The molecule has 5 heterocycles. The lowest BCUT2D eigenvalue weighted by atomic mass is 9.83. The summed E-state index contributed by atoms with van der Waals surface area (Å²) >= 11 is 5.33. The lowest BCUT2D eigenvalue weighted by Gasteiger charge is -2.42. The van der Waals surface area contributed by atoms with Crippen LogP contribution in [0.25, 0.3) is 0 Å². The predicted octanol–water partition coefficient (Wildman–Crippen LogP) is 12.9. The molecule has 5 N–H and O–H groups in total. The van der Waals surface area contributed by atoms with Crippen LogP contribution in [0.5, 0.6) is 0 Å². The van der Waals surface area contributed by atoms with E-state index >= 15 is 0 Å². The minimum absolute atomic E-state index is 0. The number of nitrogens with one attached hydrogen (secondary N) is 3. The molecule has 3 fully saturated rings. The zero-order valence-corrected chi connectivity index (χ0v) is 43.7. The summed E-state index contributed by atoms with van der Waals surface area (Å²) in [4.78, 5) is 52.8. The molecule has 11 heteroatoms. The molecule has 0 aromatic heterocycles. The third kappa shape index (κ3) is 17.4. The topological polar surface area (TPSA) is 137 Å². The fourth-order valence-electron chi connectivity index (χ4n) is 9.63. The fourth-order valence-corrected chi connectivity index (χ4v) is 9.76. The molecular weight excluding hydrogens is 904 g/mol. The molecule has 0 saturated carbocycles. The van der Waals surface area contributed by atoms with Crippen molar-refractivity contribution in [2.24, 2.45) is 5.73 Å². The highest BCUT2D eigenvalue weighted by molar-refractivity contribution is 6.67. The van der Waals surface area contributed by atoms with Crippen LogP contribution in [0, 0.1) is 0 Å². The van der Waals surface area contributed by atoms with Gasteiger partial charge in [-0.05, 0) is 173 Å². The Labute approximate surface area is 433 Å². The Morgan fingerprint density at radius 3 is 1.37 bits per heavy atom. The van der Waals surface area contributed by atoms with Gasteiger partial charge in [-0.25, -0.2) is 0 Å². The summed E-state index contributed by atoms with van der Waals surface area (Å²) in [7, 11) is 0. The van der Waals surface area contributed by atoms with Gasteiger partial charge in [0.1, 0.15) is 0 Å². The van der Waals surface area contributed by atoms with Gasteiger partial charge in [0.15, 0.2) is 11.6 Å². The van der Waals surface area contributed by atoms with Gasteiger partial charge in [-0.1, -0.05) is 119 Å². The largest absolute Gasteiger partial charge is 0.379 e. The highest BCUT2D eigenvalue weighted by Gasteiger charge is 2.39. The molecule has 390 valence electrons. The summed E-state index contributed by atoms with van der Waals surface area (Å²) in [5.41, 5.74) is 12.4. The smallest absolute Gasteiger partial charge is 0.253 e. The predicted molar refractivity (Wildman–Crippen MR) is 300 cm³/mol. The molecular formula is C60H89ClN6O4. The molecule has 1 amide bonds. The number of hydrogen-bond acceptors (Lipinski definition) is 9. The Kier molecular flexibility index (Phi) is 23.7. The Morgan fingerprint density at radius 1 is 0.592 bits per heavy atom. The highest BCUT2D eigenvalue weighted by Crippen LogP contribution is 2.37. The highest BCUT2D eigenvalue weighted by atomic mass is 35.5.